The van der Waals surface area contributed by atoms with Crippen molar-refractivity contribution in [3.63, 3.8) is 0 Å². The molecule has 2 aromatic rings. The van der Waals surface area contributed by atoms with Gasteiger partial charge in [0, 0.05) is 37.0 Å². The quantitative estimate of drug-likeness (QED) is 0.495. The zero-order chi connectivity index (χ0) is 27.7. The Morgan fingerprint density at radius 1 is 1.13 bits per heavy atom. The minimum absolute atomic E-state index is 0.0106. The summed E-state index contributed by atoms with van der Waals surface area (Å²) < 4.78 is 60.2. The van der Waals surface area contributed by atoms with Crippen LogP contribution in [0.4, 0.5) is 17.6 Å². The van der Waals surface area contributed by atoms with Crippen molar-refractivity contribution in [3.8, 4) is 17.0 Å². The number of amides is 1. The van der Waals surface area contributed by atoms with Gasteiger partial charge in [0.25, 0.3) is 5.91 Å². The number of piperidine rings is 1. The molecule has 3 heterocycles. The van der Waals surface area contributed by atoms with E-state index in [4.69, 9.17) is 4.74 Å². The number of aromatic nitrogens is 1. The Hall–Kier alpha value is -2.72. The smallest absolute Gasteiger partial charge is 0.395 e. The van der Waals surface area contributed by atoms with Gasteiger partial charge in [-0.05, 0) is 82.8 Å². The van der Waals surface area contributed by atoms with E-state index in [1.54, 1.807) is 24.4 Å². The second kappa shape index (κ2) is 11.2. The number of halogens is 4. The number of aliphatic hydroxyl groups is 1. The van der Waals surface area contributed by atoms with Gasteiger partial charge in [0.2, 0.25) is 5.88 Å². The lowest BCUT2D eigenvalue weighted by molar-refractivity contribution is -0.217. The summed E-state index contributed by atoms with van der Waals surface area (Å²) >= 11 is 0. The fourth-order valence-electron chi connectivity index (χ4n) is 5.11. The molecule has 0 spiro atoms. The maximum Gasteiger partial charge on any atom is 0.395 e. The van der Waals surface area contributed by atoms with Crippen LogP contribution in [0, 0.1) is 17.2 Å². The first-order chi connectivity index (χ1) is 17.8. The molecule has 1 aromatic carbocycles. The minimum atomic E-state index is -4.23. The number of hydrogen-bond acceptors (Lipinski definition) is 5. The highest BCUT2D eigenvalue weighted by Gasteiger charge is 2.48. The molecule has 4 rings (SSSR count). The van der Waals surface area contributed by atoms with Crippen LogP contribution < -0.4 is 4.74 Å². The minimum Gasteiger partial charge on any atom is -0.477 e. The average Bonchev–Trinajstić information content (AvgIpc) is 3.20. The standard InChI is InChI=1S/C28H35F4N3O3/c1-18-12-22(36)15-35(18)26(37)23-6-4-20(13-24(23)29)21-5-7-25(33-14-21)38-16-19-8-10-34(11-9-19)17-27(2,3)28(30,31)32/h4-7,13-14,18-19,22,36H,8-12,15-17H2,1-3H3/t18-,22+/m0/s1. The molecule has 1 aromatic heterocycles. The molecule has 1 N–H and O–H groups in total. The molecule has 1 amide bonds. The topological polar surface area (TPSA) is 65.9 Å². The van der Waals surface area contributed by atoms with Crippen LogP contribution >= 0.6 is 0 Å². The predicted octanol–water partition coefficient (Wildman–Crippen LogP) is 5.16. The van der Waals surface area contributed by atoms with Crippen molar-refractivity contribution in [2.45, 2.75) is 58.4 Å². The summed E-state index contributed by atoms with van der Waals surface area (Å²) in [5.41, 5.74) is -0.533. The number of likely N-dealkylation sites (tertiary alicyclic amines) is 2. The van der Waals surface area contributed by atoms with Crippen molar-refractivity contribution in [3.05, 3.63) is 47.9 Å². The Bertz CT molecular complexity index is 1120. The normalized spacial score (nSPS) is 21.6. The van der Waals surface area contributed by atoms with Crippen LogP contribution in [-0.4, -0.2) is 76.9 Å². The summed E-state index contributed by atoms with van der Waals surface area (Å²) in [6.07, 6.45) is -1.26. The number of benzene rings is 1. The molecule has 2 aliphatic heterocycles. The second-order valence-corrected chi connectivity index (χ2v) is 11.2. The first-order valence-corrected chi connectivity index (χ1v) is 13.0. The van der Waals surface area contributed by atoms with E-state index in [2.05, 4.69) is 4.98 Å². The molecule has 2 saturated heterocycles. The molecular formula is C28H35F4N3O3. The summed E-state index contributed by atoms with van der Waals surface area (Å²) in [5, 5.41) is 9.79. The number of hydrogen-bond donors (Lipinski definition) is 1. The van der Waals surface area contributed by atoms with Crippen molar-refractivity contribution in [1.29, 1.82) is 0 Å². The molecule has 0 saturated carbocycles. The van der Waals surface area contributed by atoms with E-state index in [9.17, 15) is 27.5 Å². The molecular weight excluding hydrogens is 502 g/mol. The highest BCUT2D eigenvalue weighted by Crippen LogP contribution is 2.38. The van der Waals surface area contributed by atoms with Crippen LogP contribution in [0.1, 0.15) is 50.4 Å². The first kappa shape index (κ1) is 28.3. The molecule has 208 valence electrons. The Morgan fingerprint density at radius 2 is 1.82 bits per heavy atom. The van der Waals surface area contributed by atoms with Gasteiger partial charge in [-0.1, -0.05) is 6.07 Å². The van der Waals surface area contributed by atoms with Crippen LogP contribution in [-0.2, 0) is 0 Å². The Morgan fingerprint density at radius 3 is 2.37 bits per heavy atom. The Labute approximate surface area is 220 Å². The van der Waals surface area contributed by atoms with E-state index in [1.807, 2.05) is 11.8 Å². The van der Waals surface area contributed by atoms with Gasteiger partial charge in [-0.25, -0.2) is 9.37 Å². The number of pyridine rings is 1. The van der Waals surface area contributed by atoms with Crippen LogP contribution in [0.15, 0.2) is 36.5 Å². The molecule has 10 heteroatoms. The number of nitrogens with zero attached hydrogens (tertiary/aromatic N) is 3. The number of carbonyl (C=O) groups excluding carboxylic acids is 1. The lowest BCUT2D eigenvalue weighted by Gasteiger charge is -2.38. The predicted molar refractivity (Wildman–Crippen MR) is 135 cm³/mol. The van der Waals surface area contributed by atoms with Crippen LogP contribution in [0.2, 0.25) is 0 Å². The van der Waals surface area contributed by atoms with Crippen LogP contribution in [0.3, 0.4) is 0 Å². The van der Waals surface area contributed by atoms with Crippen LogP contribution in [0.25, 0.3) is 11.1 Å². The van der Waals surface area contributed by atoms with E-state index in [0.717, 1.165) is 12.8 Å². The van der Waals surface area contributed by atoms with Gasteiger partial charge in [-0.15, -0.1) is 0 Å². The molecule has 38 heavy (non-hydrogen) atoms. The highest BCUT2D eigenvalue weighted by atomic mass is 19.4. The Kier molecular flexibility index (Phi) is 8.32. The zero-order valence-corrected chi connectivity index (χ0v) is 22.0. The van der Waals surface area contributed by atoms with Crippen molar-refractivity contribution < 1.29 is 32.2 Å². The number of carbonyl (C=O) groups is 1. The van der Waals surface area contributed by atoms with E-state index >= 15 is 0 Å². The van der Waals surface area contributed by atoms with Crippen molar-refractivity contribution in [2.75, 3.05) is 32.8 Å². The lowest BCUT2D eigenvalue weighted by Crippen LogP contribution is -2.46. The van der Waals surface area contributed by atoms with Crippen LogP contribution in [0.5, 0.6) is 5.88 Å². The molecule has 0 radical (unpaired) electrons. The maximum absolute atomic E-state index is 14.8. The third-order valence-corrected chi connectivity index (χ3v) is 7.64. The van der Waals surface area contributed by atoms with Gasteiger partial charge in [0.15, 0.2) is 0 Å². The zero-order valence-electron chi connectivity index (χ0n) is 22.0. The van der Waals surface area contributed by atoms with Crippen molar-refractivity contribution in [1.82, 2.24) is 14.8 Å². The number of rotatable bonds is 7. The Balaban J connectivity index is 1.28. The summed E-state index contributed by atoms with van der Waals surface area (Å²) in [4.78, 5) is 20.4. The second-order valence-electron chi connectivity index (χ2n) is 11.2. The molecule has 0 unspecified atom stereocenters. The van der Waals surface area contributed by atoms with E-state index in [-0.39, 0.29) is 30.6 Å². The van der Waals surface area contributed by atoms with Crippen molar-refractivity contribution in [2.24, 2.45) is 11.3 Å². The van der Waals surface area contributed by atoms with Gasteiger partial charge in [-0.2, -0.15) is 13.2 Å². The third-order valence-electron chi connectivity index (χ3n) is 7.64. The van der Waals surface area contributed by atoms with Gasteiger partial charge in [-0.3, -0.25) is 4.79 Å². The summed E-state index contributed by atoms with van der Waals surface area (Å²) in [6, 6.07) is 7.73. The molecule has 2 atom stereocenters. The van der Waals surface area contributed by atoms with E-state index in [0.29, 0.717) is 43.1 Å². The number of β-amino-alcohol motifs (C(OH)–C–C–N with tert-alkyl or cyclic N) is 1. The molecule has 2 fully saturated rings. The third kappa shape index (κ3) is 6.46. The monoisotopic (exact) mass is 537 g/mol. The number of ether oxygens (including phenoxy) is 1. The number of aliphatic hydroxyl groups excluding tert-OH is 1. The molecule has 0 aliphatic carbocycles. The fourth-order valence-corrected chi connectivity index (χ4v) is 5.11. The summed E-state index contributed by atoms with van der Waals surface area (Å²) in [6.45, 7) is 6.12. The largest absolute Gasteiger partial charge is 0.477 e. The molecule has 2 aliphatic rings. The maximum atomic E-state index is 14.8. The number of alkyl halides is 3. The molecule has 6 nitrogen and oxygen atoms in total. The first-order valence-electron chi connectivity index (χ1n) is 13.0. The van der Waals surface area contributed by atoms with Crippen molar-refractivity contribution >= 4 is 5.91 Å². The SMILES string of the molecule is C[C@H]1C[C@@H](O)CN1C(=O)c1ccc(-c2ccc(OCC3CCN(CC(C)(C)C(F)(F)F)CC3)nc2)cc1F. The van der Waals surface area contributed by atoms with Gasteiger partial charge in [0.1, 0.15) is 5.82 Å². The summed E-state index contributed by atoms with van der Waals surface area (Å²) in [5.74, 6) is -0.412. The molecule has 0 bridgehead atoms. The van der Waals surface area contributed by atoms with E-state index < -0.39 is 29.4 Å². The van der Waals surface area contributed by atoms with Gasteiger partial charge in [0.05, 0.1) is 23.7 Å². The van der Waals surface area contributed by atoms with Gasteiger partial charge < -0.3 is 19.6 Å². The lowest BCUT2D eigenvalue weighted by atomic mass is 9.89. The van der Waals surface area contributed by atoms with Gasteiger partial charge >= 0.3 is 6.18 Å². The summed E-state index contributed by atoms with van der Waals surface area (Å²) in [7, 11) is 0. The fraction of sp³-hybridized carbons (Fsp3) is 0.571. The average molecular weight is 538 g/mol. The van der Waals surface area contributed by atoms with E-state index in [1.165, 1.54) is 30.9 Å². The highest BCUT2D eigenvalue weighted by molar-refractivity contribution is 5.95.